The maximum Gasteiger partial charge on any atom is 0.271 e. The molecule has 2 heterocycles. The fourth-order valence-electron chi connectivity index (χ4n) is 1.35. The first-order valence-corrected chi connectivity index (χ1v) is 5.15. The van der Waals surface area contributed by atoms with Gasteiger partial charge in [0.2, 0.25) is 0 Å². The number of hydrogen-bond donors (Lipinski definition) is 3. The lowest BCUT2D eigenvalue weighted by molar-refractivity contribution is 0.0947. The van der Waals surface area contributed by atoms with Crippen LogP contribution in [0.15, 0.2) is 24.5 Å². The summed E-state index contributed by atoms with van der Waals surface area (Å²) in [7, 11) is 0. The number of hydrogen-bond acceptors (Lipinski definition) is 4. The second kappa shape index (κ2) is 4.65. The first kappa shape index (κ1) is 11.1. The smallest absolute Gasteiger partial charge is 0.271 e. The molecule has 2 aromatic heterocycles. The number of carbonyl (C=O) groups excluding carboxylic acids is 1. The molecule has 0 spiro atoms. The van der Waals surface area contributed by atoms with Crippen LogP contribution in [0, 0.1) is 6.92 Å². The summed E-state index contributed by atoms with van der Waals surface area (Å²) in [6.07, 6.45) is 3.13. The van der Waals surface area contributed by atoms with Gasteiger partial charge in [-0.3, -0.25) is 14.9 Å². The van der Waals surface area contributed by atoms with Crippen LogP contribution in [0.3, 0.4) is 0 Å². The van der Waals surface area contributed by atoms with Gasteiger partial charge in [-0.05, 0) is 18.6 Å². The average Bonchev–Trinajstić information content (AvgIpc) is 2.74. The van der Waals surface area contributed by atoms with Gasteiger partial charge in [0.05, 0.1) is 11.9 Å². The Morgan fingerprint density at radius 2 is 2.29 bits per heavy atom. The Bertz CT molecular complexity index is 517. The quantitative estimate of drug-likeness (QED) is 0.721. The molecule has 0 aromatic carbocycles. The van der Waals surface area contributed by atoms with Crippen molar-refractivity contribution in [1.29, 1.82) is 0 Å². The molecule has 1 amide bonds. The predicted molar refractivity (Wildman–Crippen MR) is 63.1 cm³/mol. The van der Waals surface area contributed by atoms with Crippen molar-refractivity contribution in [3.8, 4) is 0 Å². The molecule has 4 N–H and O–H groups in total. The van der Waals surface area contributed by atoms with Gasteiger partial charge in [0.1, 0.15) is 5.69 Å². The first-order chi connectivity index (χ1) is 8.16. The fourth-order valence-corrected chi connectivity index (χ4v) is 1.35. The SMILES string of the molecule is Cc1ccc(CNC(=O)c2[nH]ncc2N)cn1. The van der Waals surface area contributed by atoms with Crippen molar-refractivity contribution < 1.29 is 4.79 Å². The minimum atomic E-state index is -0.277. The average molecular weight is 231 g/mol. The van der Waals surface area contributed by atoms with Crippen LogP contribution in [0.25, 0.3) is 0 Å². The molecule has 88 valence electrons. The molecule has 0 aliphatic carbocycles. The van der Waals surface area contributed by atoms with E-state index >= 15 is 0 Å². The number of aromatic nitrogens is 3. The number of nitrogens with zero attached hydrogens (tertiary/aromatic N) is 2. The zero-order valence-electron chi connectivity index (χ0n) is 9.40. The van der Waals surface area contributed by atoms with E-state index in [1.165, 1.54) is 6.20 Å². The van der Waals surface area contributed by atoms with Crippen LogP contribution >= 0.6 is 0 Å². The fraction of sp³-hybridized carbons (Fsp3) is 0.182. The van der Waals surface area contributed by atoms with Gasteiger partial charge >= 0.3 is 0 Å². The summed E-state index contributed by atoms with van der Waals surface area (Å²) >= 11 is 0. The number of nitrogens with one attached hydrogen (secondary N) is 2. The van der Waals surface area contributed by atoms with E-state index in [2.05, 4.69) is 20.5 Å². The number of nitrogens with two attached hydrogens (primary N) is 1. The Morgan fingerprint density at radius 1 is 1.47 bits per heavy atom. The van der Waals surface area contributed by atoms with Crippen LogP contribution < -0.4 is 11.1 Å². The molecule has 6 heteroatoms. The van der Waals surface area contributed by atoms with Gasteiger partial charge in [0, 0.05) is 18.4 Å². The lowest BCUT2D eigenvalue weighted by atomic mass is 10.2. The molecule has 2 rings (SSSR count). The van der Waals surface area contributed by atoms with Crippen LogP contribution in [-0.4, -0.2) is 21.1 Å². The van der Waals surface area contributed by atoms with E-state index in [0.717, 1.165) is 11.3 Å². The third-order valence-electron chi connectivity index (χ3n) is 2.32. The number of aromatic amines is 1. The number of rotatable bonds is 3. The largest absolute Gasteiger partial charge is 0.396 e. The predicted octanol–water partition coefficient (Wildman–Crippen LogP) is 0.625. The molecule has 0 saturated heterocycles. The first-order valence-electron chi connectivity index (χ1n) is 5.15. The summed E-state index contributed by atoms with van der Waals surface area (Å²) in [6, 6.07) is 3.81. The molecule has 0 radical (unpaired) electrons. The zero-order chi connectivity index (χ0) is 12.3. The molecular formula is C11H13N5O. The Labute approximate surface area is 98.3 Å². The number of pyridine rings is 1. The Morgan fingerprint density at radius 3 is 2.88 bits per heavy atom. The van der Waals surface area contributed by atoms with E-state index in [1.54, 1.807) is 6.20 Å². The van der Waals surface area contributed by atoms with E-state index in [1.807, 2.05) is 19.1 Å². The molecule has 0 bridgehead atoms. The summed E-state index contributed by atoms with van der Waals surface area (Å²) in [4.78, 5) is 15.8. The number of carbonyl (C=O) groups is 1. The van der Waals surface area contributed by atoms with Gasteiger partial charge in [-0.1, -0.05) is 6.07 Å². The Hall–Kier alpha value is -2.37. The molecular weight excluding hydrogens is 218 g/mol. The van der Waals surface area contributed by atoms with Crippen molar-refractivity contribution in [1.82, 2.24) is 20.5 Å². The molecule has 6 nitrogen and oxygen atoms in total. The van der Waals surface area contributed by atoms with Gasteiger partial charge in [0.25, 0.3) is 5.91 Å². The number of nitrogen functional groups attached to an aromatic ring is 1. The van der Waals surface area contributed by atoms with E-state index in [9.17, 15) is 4.79 Å². The van der Waals surface area contributed by atoms with Gasteiger partial charge in [-0.2, -0.15) is 5.10 Å². The highest BCUT2D eigenvalue weighted by molar-refractivity contribution is 5.96. The number of aryl methyl sites for hydroxylation is 1. The Kier molecular flexibility index (Phi) is 3.04. The number of amides is 1. The van der Waals surface area contributed by atoms with Crippen LogP contribution in [0.1, 0.15) is 21.7 Å². The van der Waals surface area contributed by atoms with Crippen molar-refractivity contribution >= 4 is 11.6 Å². The van der Waals surface area contributed by atoms with E-state index in [4.69, 9.17) is 5.73 Å². The van der Waals surface area contributed by atoms with Crippen LogP contribution in [0.2, 0.25) is 0 Å². The molecule has 0 aliphatic rings. The van der Waals surface area contributed by atoms with E-state index in [-0.39, 0.29) is 11.6 Å². The van der Waals surface area contributed by atoms with E-state index in [0.29, 0.717) is 12.2 Å². The second-order valence-electron chi connectivity index (χ2n) is 3.69. The lowest BCUT2D eigenvalue weighted by Gasteiger charge is -2.04. The van der Waals surface area contributed by atoms with Crippen molar-refractivity contribution in [2.75, 3.05) is 5.73 Å². The van der Waals surface area contributed by atoms with Gasteiger partial charge in [-0.15, -0.1) is 0 Å². The van der Waals surface area contributed by atoms with Gasteiger partial charge < -0.3 is 11.1 Å². The Balaban J connectivity index is 1.97. The van der Waals surface area contributed by atoms with Gasteiger partial charge in [-0.25, -0.2) is 0 Å². The standard InChI is InChI=1S/C11H13N5O/c1-7-2-3-8(4-13-7)5-14-11(17)10-9(12)6-15-16-10/h2-4,6H,5,12H2,1H3,(H,14,17)(H,15,16). The molecule has 0 aliphatic heterocycles. The molecule has 2 aromatic rings. The minimum Gasteiger partial charge on any atom is -0.396 e. The van der Waals surface area contributed by atoms with Crippen molar-refractivity contribution in [3.05, 3.63) is 41.5 Å². The van der Waals surface area contributed by atoms with Crippen LogP contribution in [0.5, 0.6) is 0 Å². The summed E-state index contributed by atoms with van der Waals surface area (Å²) in [6.45, 7) is 2.32. The van der Waals surface area contributed by atoms with E-state index < -0.39 is 0 Å². The van der Waals surface area contributed by atoms with Crippen molar-refractivity contribution in [2.24, 2.45) is 0 Å². The molecule has 0 saturated carbocycles. The monoisotopic (exact) mass is 231 g/mol. The number of anilines is 1. The summed E-state index contributed by atoms with van der Waals surface area (Å²) in [5.74, 6) is -0.277. The zero-order valence-corrected chi connectivity index (χ0v) is 9.40. The second-order valence-corrected chi connectivity index (χ2v) is 3.69. The highest BCUT2D eigenvalue weighted by Crippen LogP contribution is 2.06. The molecule has 0 fully saturated rings. The third kappa shape index (κ3) is 2.60. The number of H-pyrrole nitrogens is 1. The van der Waals surface area contributed by atoms with Gasteiger partial charge in [0.15, 0.2) is 0 Å². The molecule has 17 heavy (non-hydrogen) atoms. The minimum absolute atomic E-state index is 0.277. The summed E-state index contributed by atoms with van der Waals surface area (Å²) in [5, 5.41) is 8.97. The topological polar surface area (TPSA) is 96.7 Å². The summed E-state index contributed by atoms with van der Waals surface area (Å²) < 4.78 is 0. The third-order valence-corrected chi connectivity index (χ3v) is 2.32. The molecule has 0 unspecified atom stereocenters. The lowest BCUT2D eigenvalue weighted by Crippen LogP contribution is -2.24. The van der Waals surface area contributed by atoms with Crippen molar-refractivity contribution in [2.45, 2.75) is 13.5 Å². The maximum absolute atomic E-state index is 11.7. The normalized spacial score (nSPS) is 10.2. The maximum atomic E-state index is 11.7. The summed E-state index contributed by atoms with van der Waals surface area (Å²) in [5.41, 5.74) is 8.06. The highest BCUT2D eigenvalue weighted by Gasteiger charge is 2.10. The van der Waals surface area contributed by atoms with Crippen LogP contribution in [0.4, 0.5) is 5.69 Å². The van der Waals surface area contributed by atoms with Crippen molar-refractivity contribution in [3.63, 3.8) is 0 Å². The molecule has 0 atom stereocenters. The van der Waals surface area contributed by atoms with Crippen LogP contribution in [-0.2, 0) is 6.54 Å². The highest BCUT2D eigenvalue weighted by atomic mass is 16.1.